The van der Waals surface area contributed by atoms with E-state index in [1.54, 1.807) is 34.7 Å². The molecule has 2 aromatic rings. The Morgan fingerprint density at radius 1 is 1.28 bits per heavy atom. The lowest BCUT2D eigenvalue weighted by Gasteiger charge is -2.14. The molecule has 0 aliphatic rings. The van der Waals surface area contributed by atoms with Gasteiger partial charge in [-0.2, -0.15) is 5.10 Å². The molecule has 1 aromatic heterocycles. The lowest BCUT2D eigenvalue weighted by molar-refractivity contribution is -0.123. The summed E-state index contributed by atoms with van der Waals surface area (Å²) in [7, 11) is -1.91. The Morgan fingerprint density at radius 2 is 1.90 bits per heavy atom. The SMILES string of the molecule is CCNC(=O)COc1c(C(=O)c2cc(C)c(S(C)(=O)=O)c(C)c2Cl)c(C)nn1C. The van der Waals surface area contributed by atoms with Crippen molar-refractivity contribution in [3.63, 3.8) is 0 Å². The van der Waals surface area contributed by atoms with E-state index in [4.69, 9.17) is 16.3 Å². The van der Waals surface area contributed by atoms with Crippen LogP contribution in [0, 0.1) is 20.8 Å². The Hall–Kier alpha value is -2.39. The average Bonchev–Trinajstić information content (AvgIpc) is 2.88. The molecule has 1 amide bonds. The first-order valence-electron chi connectivity index (χ1n) is 8.87. The van der Waals surface area contributed by atoms with Crippen molar-refractivity contribution in [2.45, 2.75) is 32.6 Å². The molecule has 29 heavy (non-hydrogen) atoms. The van der Waals surface area contributed by atoms with Crippen LogP contribution in [0.4, 0.5) is 0 Å². The number of ether oxygens (including phenoxy) is 1. The van der Waals surface area contributed by atoms with Gasteiger partial charge >= 0.3 is 0 Å². The van der Waals surface area contributed by atoms with Gasteiger partial charge in [-0.05, 0) is 44.9 Å². The van der Waals surface area contributed by atoms with Crippen LogP contribution in [-0.2, 0) is 21.7 Å². The number of amides is 1. The lowest BCUT2D eigenvalue weighted by atomic mass is 9.99. The number of sulfone groups is 1. The molecule has 1 N–H and O–H groups in total. The minimum Gasteiger partial charge on any atom is -0.467 e. The molecule has 0 spiro atoms. The van der Waals surface area contributed by atoms with E-state index in [0.717, 1.165) is 6.26 Å². The Morgan fingerprint density at radius 3 is 2.45 bits per heavy atom. The smallest absolute Gasteiger partial charge is 0.257 e. The molecule has 0 aliphatic carbocycles. The fourth-order valence-electron chi connectivity index (χ4n) is 3.26. The Labute approximate surface area is 175 Å². The van der Waals surface area contributed by atoms with Crippen molar-refractivity contribution in [1.29, 1.82) is 0 Å². The second-order valence-electron chi connectivity index (χ2n) is 6.74. The number of likely N-dealkylation sites (N-methyl/N-ethyl adjacent to an activating group) is 1. The number of hydrogen-bond donors (Lipinski definition) is 1. The van der Waals surface area contributed by atoms with Gasteiger partial charge in [-0.1, -0.05) is 11.6 Å². The summed E-state index contributed by atoms with van der Waals surface area (Å²) >= 11 is 6.38. The third-order valence-electron chi connectivity index (χ3n) is 4.35. The molecule has 0 atom stereocenters. The highest BCUT2D eigenvalue weighted by Crippen LogP contribution is 2.34. The highest BCUT2D eigenvalue weighted by Gasteiger charge is 2.28. The van der Waals surface area contributed by atoms with Crippen LogP contribution in [-0.4, -0.2) is 49.3 Å². The zero-order chi connectivity index (χ0) is 22.1. The monoisotopic (exact) mass is 441 g/mol. The van der Waals surface area contributed by atoms with Gasteiger partial charge in [-0.3, -0.25) is 9.59 Å². The summed E-state index contributed by atoms with van der Waals surface area (Å²) in [4.78, 5) is 25.1. The molecular formula is C19H24ClN3O5S. The van der Waals surface area contributed by atoms with Gasteiger partial charge in [0.25, 0.3) is 5.91 Å². The number of hydrogen-bond acceptors (Lipinski definition) is 6. The molecule has 10 heteroatoms. The van der Waals surface area contributed by atoms with Crippen molar-refractivity contribution in [2.24, 2.45) is 7.05 Å². The van der Waals surface area contributed by atoms with Crippen molar-refractivity contribution >= 4 is 33.1 Å². The highest BCUT2D eigenvalue weighted by atomic mass is 35.5. The molecule has 0 saturated carbocycles. The maximum atomic E-state index is 13.3. The van der Waals surface area contributed by atoms with Crippen molar-refractivity contribution in [2.75, 3.05) is 19.4 Å². The van der Waals surface area contributed by atoms with Crippen molar-refractivity contribution in [3.05, 3.63) is 39.0 Å². The predicted octanol–water partition coefficient (Wildman–Crippen LogP) is 2.15. The molecule has 0 radical (unpaired) electrons. The molecule has 2 rings (SSSR count). The number of rotatable bonds is 7. The first-order chi connectivity index (χ1) is 13.4. The molecule has 0 fully saturated rings. The zero-order valence-corrected chi connectivity index (χ0v) is 18.8. The number of aromatic nitrogens is 2. The number of carbonyl (C=O) groups is 2. The minimum absolute atomic E-state index is 0.0546. The van der Waals surface area contributed by atoms with E-state index < -0.39 is 15.6 Å². The van der Waals surface area contributed by atoms with Crippen LogP contribution < -0.4 is 10.1 Å². The van der Waals surface area contributed by atoms with Crippen LogP contribution in [0.15, 0.2) is 11.0 Å². The van der Waals surface area contributed by atoms with Crippen molar-refractivity contribution in [1.82, 2.24) is 15.1 Å². The van der Waals surface area contributed by atoms with Gasteiger partial charge in [-0.15, -0.1) is 0 Å². The molecule has 8 nitrogen and oxygen atoms in total. The van der Waals surface area contributed by atoms with Crippen molar-refractivity contribution in [3.8, 4) is 5.88 Å². The maximum Gasteiger partial charge on any atom is 0.257 e. The molecular weight excluding hydrogens is 418 g/mol. The molecule has 0 unspecified atom stereocenters. The molecule has 0 bridgehead atoms. The van der Waals surface area contributed by atoms with Gasteiger partial charge in [0.1, 0.15) is 5.56 Å². The lowest BCUT2D eigenvalue weighted by Crippen LogP contribution is -2.29. The van der Waals surface area contributed by atoms with Crippen molar-refractivity contribution < 1.29 is 22.7 Å². The van der Waals surface area contributed by atoms with Crippen LogP contribution in [0.25, 0.3) is 0 Å². The van der Waals surface area contributed by atoms with E-state index in [2.05, 4.69) is 10.4 Å². The van der Waals surface area contributed by atoms with Crippen LogP contribution >= 0.6 is 11.6 Å². The van der Waals surface area contributed by atoms with E-state index >= 15 is 0 Å². The number of ketones is 1. The maximum absolute atomic E-state index is 13.3. The average molecular weight is 442 g/mol. The Bertz CT molecular complexity index is 1090. The number of carbonyl (C=O) groups excluding carboxylic acids is 2. The minimum atomic E-state index is -3.51. The molecule has 0 aliphatic heterocycles. The summed E-state index contributed by atoms with van der Waals surface area (Å²) in [6, 6.07) is 1.45. The summed E-state index contributed by atoms with van der Waals surface area (Å²) in [5.74, 6) is -0.651. The van der Waals surface area contributed by atoms with Gasteiger partial charge in [0.05, 0.1) is 15.6 Å². The van der Waals surface area contributed by atoms with Gasteiger partial charge < -0.3 is 10.1 Å². The number of nitrogens with zero attached hydrogens (tertiary/aromatic N) is 2. The highest BCUT2D eigenvalue weighted by molar-refractivity contribution is 7.90. The van der Waals surface area contributed by atoms with Crippen LogP contribution in [0.3, 0.4) is 0 Å². The number of benzene rings is 1. The fourth-order valence-corrected chi connectivity index (χ4v) is 4.85. The second-order valence-corrected chi connectivity index (χ2v) is 9.07. The van der Waals surface area contributed by atoms with Crippen LogP contribution in [0.2, 0.25) is 5.02 Å². The molecule has 0 saturated heterocycles. The molecule has 158 valence electrons. The third kappa shape index (κ3) is 4.62. The fraction of sp³-hybridized carbons (Fsp3) is 0.421. The number of halogens is 1. The van der Waals surface area contributed by atoms with E-state index in [0.29, 0.717) is 23.4 Å². The largest absolute Gasteiger partial charge is 0.467 e. The van der Waals surface area contributed by atoms with Crippen LogP contribution in [0.1, 0.15) is 39.7 Å². The van der Waals surface area contributed by atoms with Gasteiger partial charge in [-0.25, -0.2) is 13.1 Å². The van der Waals surface area contributed by atoms with Gasteiger partial charge in [0, 0.05) is 25.4 Å². The normalized spacial score (nSPS) is 11.4. The van der Waals surface area contributed by atoms with E-state index in [9.17, 15) is 18.0 Å². The van der Waals surface area contributed by atoms with Crippen LogP contribution in [0.5, 0.6) is 5.88 Å². The molecule has 1 aromatic carbocycles. The summed E-state index contributed by atoms with van der Waals surface area (Å²) in [6.07, 6.45) is 1.10. The third-order valence-corrected chi connectivity index (χ3v) is 6.21. The number of aryl methyl sites for hydroxylation is 3. The first kappa shape index (κ1) is 22.9. The summed E-state index contributed by atoms with van der Waals surface area (Å²) in [5, 5.41) is 6.88. The first-order valence-corrected chi connectivity index (χ1v) is 11.1. The second kappa shape index (κ2) is 8.54. The van der Waals surface area contributed by atoms with E-state index in [1.165, 1.54) is 10.7 Å². The van der Waals surface area contributed by atoms with E-state index in [1.807, 2.05) is 0 Å². The summed E-state index contributed by atoms with van der Waals surface area (Å²) in [5.41, 5.74) is 1.45. The van der Waals surface area contributed by atoms with Gasteiger partial charge in [0.15, 0.2) is 16.4 Å². The topological polar surface area (TPSA) is 107 Å². The molecule has 1 heterocycles. The Kier molecular flexibility index (Phi) is 6.74. The van der Waals surface area contributed by atoms with E-state index in [-0.39, 0.29) is 39.4 Å². The van der Waals surface area contributed by atoms with Gasteiger partial charge in [0.2, 0.25) is 11.7 Å². The summed E-state index contributed by atoms with van der Waals surface area (Å²) in [6.45, 7) is 6.79. The Balaban J connectivity index is 2.55. The zero-order valence-electron chi connectivity index (χ0n) is 17.2. The standard InChI is InChI=1S/C19H24ClN3O5S/c1-7-21-14(24)9-28-19-15(12(4)22-23(19)5)17(25)13-8-10(2)18(29(6,26)27)11(3)16(13)20/h8H,7,9H2,1-6H3,(H,21,24). The predicted molar refractivity (Wildman–Crippen MR) is 110 cm³/mol. The summed E-state index contributed by atoms with van der Waals surface area (Å²) < 4.78 is 31.1. The quantitative estimate of drug-likeness (QED) is 0.659. The number of nitrogens with one attached hydrogen (secondary N) is 1.